The Hall–Kier alpha value is 0.194. The van der Waals surface area contributed by atoms with E-state index in [1.807, 2.05) is 0 Å². The lowest BCUT2D eigenvalue weighted by atomic mass is 9.82. The van der Waals surface area contributed by atoms with Crippen LogP contribution in [0.4, 0.5) is 0 Å². The van der Waals surface area contributed by atoms with Gasteiger partial charge in [-0.3, -0.25) is 0 Å². The highest BCUT2D eigenvalue weighted by atomic mass is 28.4. The number of rotatable bonds is 10. The first-order chi connectivity index (χ1) is 10.9. The van der Waals surface area contributed by atoms with Gasteiger partial charge in [0.25, 0.3) is 0 Å². The molecule has 0 aliphatic heterocycles. The number of fused-ring (bicyclic) bond motifs is 2. The molecule has 0 heterocycles. The zero-order valence-corrected chi connectivity index (χ0v) is 17.4. The van der Waals surface area contributed by atoms with Crippen LogP contribution < -0.4 is 0 Å². The summed E-state index contributed by atoms with van der Waals surface area (Å²) in [6.45, 7) is 0. The van der Waals surface area contributed by atoms with Crippen molar-refractivity contribution in [3.05, 3.63) is 0 Å². The summed E-state index contributed by atoms with van der Waals surface area (Å²) in [6, 6.07) is 0.855. The standard InChI is InChI=1S/C15H32O6Si2/c1-16-22(17-2,18-3)12-11-14-7-9-15(13-14,10-8-14)23(19-4,20-5)21-6/h7-13H2,1-6H3. The fourth-order valence-electron chi connectivity index (χ4n) is 4.96. The molecule has 0 spiro atoms. The predicted octanol–water partition coefficient (Wildman–Crippen LogP) is 2.84. The van der Waals surface area contributed by atoms with Gasteiger partial charge in [-0.25, -0.2) is 0 Å². The largest absolute Gasteiger partial charge is 0.506 e. The molecule has 2 saturated carbocycles. The molecule has 0 aromatic rings. The lowest BCUT2D eigenvalue weighted by Crippen LogP contribution is -2.53. The fourth-order valence-corrected chi connectivity index (χ4v) is 10.2. The van der Waals surface area contributed by atoms with Crippen LogP contribution in [-0.4, -0.2) is 60.3 Å². The molecule has 0 saturated heterocycles. The average Bonchev–Trinajstić information content (AvgIpc) is 3.17. The normalized spacial score (nSPS) is 31.0. The van der Waals surface area contributed by atoms with Crippen molar-refractivity contribution in [2.75, 3.05) is 42.7 Å². The van der Waals surface area contributed by atoms with Gasteiger partial charge in [-0.05, 0) is 43.9 Å². The van der Waals surface area contributed by atoms with E-state index in [-0.39, 0.29) is 5.04 Å². The first-order valence-electron chi connectivity index (χ1n) is 8.25. The van der Waals surface area contributed by atoms with E-state index < -0.39 is 17.6 Å². The van der Waals surface area contributed by atoms with E-state index in [2.05, 4.69) is 0 Å². The van der Waals surface area contributed by atoms with Crippen molar-refractivity contribution in [1.29, 1.82) is 0 Å². The van der Waals surface area contributed by atoms with Crippen LogP contribution in [0.2, 0.25) is 11.1 Å². The summed E-state index contributed by atoms with van der Waals surface area (Å²) in [5.41, 5.74) is 0.321. The molecule has 8 heteroatoms. The van der Waals surface area contributed by atoms with Gasteiger partial charge in [-0.1, -0.05) is 0 Å². The lowest BCUT2D eigenvalue weighted by molar-refractivity contribution is 0.0893. The van der Waals surface area contributed by atoms with Gasteiger partial charge in [0.15, 0.2) is 0 Å². The molecule has 2 fully saturated rings. The van der Waals surface area contributed by atoms with Crippen molar-refractivity contribution in [1.82, 2.24) is 0 Å². The monoisotopic (exact) mass is 364 g/mol. The first-order valence-corrected chi connectivity index (χ1v) is 11.9. The third kappa shape index (κ3) is 3.08. The van der Waals surface area contributed by atoms with Crippen molar-refractivity contribution in [2.24, 2.45) is 5.41 Å². The second-order valence-corrected chi connectivity index (χ2v) is 13.4. The van der Waals surface area contributed by atoms with Crippen molar-refractivity contribution < 1.29 is 26.6 Å². The molecule has 2 bridgehead atoms. The average molecular weight is 365 g/mol. The molecule has 0 amide bonds. The molecule has 0 radical (unpaired) electrons. The van der Waals surface area contributed by atoms with Crippen LogP contribution >= 0.6 is 0 Å². The van der Waals surface area contributed by atoms with Gasteiger partial charge >= 0.3 is 17.6 Å². The van der Waals surface area contributed by atoms with Crippen LogP contribution in [0.5, 0.6) is 0 Å². The summed E-state index contributed by atoms with van der Waals surface area (Å²) in [4.78, 5) is 0. The third-order valence-electron chi connectivity index (χ3n) is 6.33. The van der Waals surface area contributed by atoms with Gasteiger partial charge in [0, 0.05) is 53.7 Å². The maximum atomic E-state index is 5.82. The highest BCUT2D eigenvalue weighted by molar-refractivity contribution is 6.64. The maximum Gasteiger partial charge on any atom is 0.506 e. The highest BCUT2D eigenvalue weighted by Gasteiger charge is 2.68. The minimum absolute atomic E-state index is 0.0721. The van der Waals surface area contributed by atoms with Crippen molar-refractivity contribution in [2.45, 2.75) is 49.6 Å². The van der Waals surface area contributed by atoms with Crippen LogP contribution in [0.15, 0.2) is 0 Å². The van der Waals surface area contributed by atoms with Gasteiger partial charge in [-0.2, -0.15) is 0 Å². The minimum Gasteiger partial charge on any atom is -0.377 e. The quantitative estimate of drug-likeness (QED) is 0.556. The molecule has 0 N–H and O–H groups in total. The van der Waals surface area contributed by atoms with E-state index in [4.69, 9.17) is 26.6 Å². The summed E-state index contributed by atoms with van der Waals surface area (Å²) >= 11 is 0. The Morgan fingerprint density at radius 1 is 0.696 bits per heavy atom. The third-order valence-corrected chi connectivity index (χ3v) is 12.6. The SMILES string of the molecule is CO[Si](CCC12CCC([Si](OC)(OC)OC)(CC1)C2)(OC)OC. The highest BCUT2D eigenvalue weighted by Crippen LogP contribution is 2.71. The van der Waals surface area contributed by atoms with Crippen LogP contribution in [0.1, 0.15) is 38.5 Å². The van der Waals surface area contributed by atoms with Gasteiger partial charge in [0.1, 0.15) is 0 Å². The summed E-state index contributed by atoms with van der Waals surface area (Å²) in [6.07, 6.45) is 6.81. The van der Waals surface area contributed by atoms with Gasteiger partial charge in [-0.15, -0.1) is 0 Å². The van der Waals surface area contributed by atoms with E-state index >= 15 is 0 Å². The van der Waals surface area contributed by atoms with Gasteiger partial charge < -0.3 is 26.6 Å². The van der Waals surface area contributed by atoms with Crippen molar-refractivity contribution in [3.63, 3.8) is 0 Å². The second kappa shape index (κ2) is 7.21. The first kappa shape index (κ1) is 19.5. The number of hydrogen-bond donors (Lipinski definition) is 0. The van der Waals surface area contributed by atoms with Gasteiger partial charge in [0.2, 0.25) is 0 Å². The molecule has 2 aliphatic carbocycles. The molecule has 0 atom stereocenters. The Bertz CT molecular complexity index is 373. The maximum absolute atomic E-state index is 5.82. The minimum atomic E-state index is -2.62. The lowest BCUT2D eigenvalue weighted by Gasteiger charge is -2.39. The Morgan fingerprint density at radius 3 is 1.57 bits per heavy atom. The summed E-state index contributed by atoms with van der Waals surface area (Å²) in [5.74, 6) is 0. The van der Waals surface area contributed by atoms with Crippen LogP contribution in [0.3, 0.4) is 0 Å². The van der Waals surface area contributed by atoms with Crippen LogP contribution in [0.25, 0.3) is 0 Å². The smallest absolute Gasteiger partial charge is 0.377 e. The predicted molar refractivity (Wildman–Crippen MR) is 91.2 cm³/mol. The van der Waals surface area contributed by atoms with E-state index in [1.165, 1.54) is 12.8 Å². The topological polar surface area (TPSA) is 55.4 Å². The Balaban J connectivity index is 2.11. The van der Waals surface area contributed by atoms with E-state index in [1.54, 1.807) is 42.7 Å². The molecule has 136 valence electrons. The summed E-state index contributed by atoms with van der Waals surface area (Å²) in [5, 5.41) is 0.0721. The molecule has 0 aromatic heterocycles. The van der Waals surface area contributed by atoms with Crippen LogP contribution in [-0.2, 0) is 26.6 Å². The van der Waals surface area contributed by atoms with E-state index in [9.17, 15) is 0 Å². The van der Waals surface area contributed by atoms with Gasteiger partial charge in [0.05, 0.1) is 0 Å². The second-order valence-electron chi connectivity index (χ2n) is 6.92. The zero-order valence-electron chi connectivity index (χ0n) is 15.4. The van der Waals surface area contributed by atoms with Crippen LogP contribution in [0, 0.1) is 5.41 Å². The Morgan fingerprint density at radius 2 is 1.17 bits per heavy atom. The summed E-state index contributed by atoms with van der Waals surface area (Å²) in [7, 11) is 5.10. The molecular weight excluding hydrogens is 332 g/mol. The zero-order chi connectivity index (χ0) is 17.2. The molecule has 0 unspecified atom stereocenters. The van der Waals surface area contributed by atoms with E-state index in [0.717, 1.165) is 31.7 Å². The molecule has 23 heavy (non-hydrogen) atoms. The molecule has 2 aliphatic rings. The number of hydrogen-bond acceptors (Lipinski definition) is 6. The Labute approximate surface area is 142 Å². The molecule has 6 nitrogen and oxygen atoms in total. The molecule has 2 rings (SSSR count). The van der Waals surface area contributed by atoms with Crippen molar-refractivity contribution >= 4 is 17.6 Å². The molecule has 0 aromatic carbocycles. The molecular formula is C15H32O6Si2. The fraction of sp³-hybridized carbons (Fsp3) is 1.00. The Kier molecular flexibility index (Phi) is 6.12. The summed E-state index contributed by atoms with van der Waals surface area (Å²) < 4.78 is 34.2. The van der Waals surface area contributed by atoms with E-state index in [0.29, 0.717) is 5.41 Å². The van der Waals surface area contributed by atoms with Crippen molar-refractivity contribution in [3.8, 4) is 0 Å².